The van der Waals surface area contributed by atoms with E-state index in [9.17, 15) is 8.42 Å². The fourth-order valence-electron chi connectivity index (χ4n) is 2.42. The third-order valence-corrected chi connectivity index (χ3v) is 5.58. The number of hydrogen-bond donors (Lipinski definition) is 2. The summed E-state index contributed by atoms with van der Waals surface area (Å²) in [4.78, 5) is 0. The van der Waals surface area contributed by atoms with E-state index in [2.05, 4.69) is 15.5 Å². The summed E-state index contributed by atoms with van der Waals surface area (Å²) in [6.45, 7) is 7.15. The summed E-state index contributed by atoms with van der Waals surface area (Å²) in [7, 11) is -1.85. The highest BCUT2D eigenvalue weighted by molar-refractivity contribution is 7.89. The second-order valence-electron chi connectivity index (χ2n) is 5.60. The Labute approximate surface area is 119 Å². The predicted octanol–water partition coefficient (Wildman–Crippen LogP) is 0.237. The molecule has 0 unspecified atom stereocenters. The Morgan fingerprint density at radius 2 is 2.20 bits per heavy atom. The Bertz CT molecular complexity index is 580. The minimum absolute atomic E-state index is 0.110. The summed E-state index contributed by atoms with van der Waals surface area (Å²) in [6, 6.07) is 0. The zero-order chi connectivity index (χ0) is 15.0. The zero-order valence-corrected chi connectivity index (χ0v) is 13.2. The van der Waals surface area contributed by atoms with Crippen LogP contribution in [0, 0.1) is 6.92 Å². The van der Waals surface area contributed by atoms with Gasteiger partial charge in [-0.3, -0.25) is 5.10 Å². The number of aromatic amines is 1. The van der Waals surface area contributed by atoms with Gasteiger partial charge in [-0.2, -0.15) is 9.40 Å². The van der Waals surface area contributed by atoms with Gasteiger partial charge in [0.1, 0.15) is 0 Å². The van der Waals surface area contributed by atoms with Crippen LogP contribution < -0.4 is 5.32 Å². The lowest BCUT2D eigenvalue weighted by Gasteiger charge is -2.40. The Hall–Kier alpha value is -0.960. The molecule has 1 aromatic rings. The molecule has 2 rings (SSSR count). The summed E-state index contributed by atoms with van der Waals surface area (Å²) in [5.41, 5.74) is 0.889. The van der Waals surface area contributed by atoms with Crippen LogP contribution in [0.15, 0.2) is 5.03 Å². The molecule has 1 aliphatic rings. The molecule has 1 aliphatic heterocycles. The van der Waals surface area contributed by atoms with E-state index >= 15 is 0 Å². The average molecular weight is 302 g/mol. The van der Waals surface area contributed by atoms with Crippen LogP contribution in [0.25, 0.3) is 0 Å². The van der Waals surface area contributed by atoms with Gasteiger partial charge in [0.2, 0.25) is 0 Å². The van der Waals surface area contributed by atoms with Gasteiger partial charge in [0.25, 0.3) is 10.0 Å². The van der Waals surface area contributed by atoms with E-state index in [-0.39, 0.29) is 5.03 Å². The van der Waals surface area contributed by atoms with Gasteiger partial charge in [-0.05, 0) is 27.8 Å². The maximum atomic E-state index is 12.9. The fourth-order valence-corrected chi connectivity index (χ4v) is 4.35. The zero-order valence-electron chi connectivity index (χ0n) is 12.4. The molecule has 0 aliphatic carbocycles. The van der Waals surface area contributed by atoms with Crippen LogP contribution in [0.4, 0.5) is 0 Å². The first-order chi connectivity index (χ1) is 9.30. The fraction of sp³-hybridized carbons (Fsp3) is 0.750. The highest BCUT2D eigenvalue weighted by Crippen LogP contribution is 2.28. The molecule has 0 atom stereocenters. The van der Waals surface area contributed by atoms with Crippen LogP contribution in [0.5, 0.6) is 0 Å². The topological polar surface area (TPSA) is 87.3 Å². The van der Waals surface area contributed by atoms with Crippen molar-refractivity contribution in [1.82, 2.24) is 19.8 Å². The molecule has 0 radical (unpaired) electrons. The number of morpholine rings is 1. The lowest BCUT2D eigenvalue weighted by atomic mass is 10.1. The SMILES string of the molecule is CNCc1c(S(=O)(=O)N2CCOCC2(C)C)n[nH]c1C. The Kier molecular flexibility index (Phi) is 4.19. The van der Waals surface area contributed by atoms with Gasteiger partial charge in [-0.15, -0.1) is 0 Å². The van der Waals surface area contributed by atoms with Gasteiger partial charge in [0.05, 0.1) is 18.8 Å². The number of nitrogens with one attached hydrogen (secondary N) is 2. The third-order valence-electron chi connectivity index (χ3n) is 3.49. The molecule has 8 heteroatoms. The number of H-pyrrole nitrogens is 1. The molecular weight excluding hydrogens is 280 g/mol. The van der Waals surface area contributed by atoms with Crippen molar-refractivity contribution in [3.05, 3.63) is 11.3 Å². The molecule has 1 aromatic heterocycles. The molecule has 0 bridgehead atoms. The number of ether oxygens (including phenoxy) is 1. The quantitative estimate of drug-likeness (QED) is 0.832. The minimum atomic E-state index is -3.63. The van der Waals surface area contributed by atoms with Crippen LogP contribution in [0.1, 0.15) is 25.1 Å². The monoisotopic (exact) mass is 302 g/mol. The third kappa shape index (κ3) is 2.60. The van der Waals surface area contributed by atoms with Crippen molar-refractivity contribution in [1.29, 1.82) is 0 Å². The Balaban J connectivity index is 2.45. The van der Waals surface area contributed by atoms with Crippen molar-refractivity contribution in [3.63, 3.8) is 0 Å². The molecule has 7 nitrogen and oxygen atoms in total. The maximum absolute atomic E-state index is 12.9. The summed E-state index contributed by atoms with van der Waals surface area (Å²) in [5.74, 6) is 0. The lowest BCUT2D eigenvalue weighted by molar-refractivity contribution is -0.00784. The van der Waals surface area contributed by atoms with Crippen molar-refractivity contribution in [3.8, 4) is 0 Å². The highest BCUT2D eigenvalue weighted by Gasteiger charge is 2.41. The smallest absolute Gasteiger partial charge is 0.263 e. The van der Waals surface area contributed by atoms with Crippen molar-refractivity contribution >= 4 is 10.0 Å². The van der Waals surface area contributed by atoms with Crippen LogP contribution in [0.2, 0.25) is 0 Å². The second-order valence-corrected chi connectivity index (χ2v) is 7.38. The van der Waals surface area contributed by atoms with Crippen LogP contribution in [0.3, 0.4) is 0 Å². The number of nitrogens with zero attached hydrogens (tertiary/aromatic N) is 2. The predicted molar refractivity (Wildman–Crippen MR) is 74.9 cm³/mol. The van der Waals surface area contributed by atoms with Gasteiger partial charge in [-0.25, -0.2) is 8.42 Å². The summed E-state index contributed by atoms with van der Waals surface area (Å²) >= 11 is 0. The summed E-state index contributed by atoms with van der Waals surface area (Å²) < 4.78 is 32.6. The van der Waals surface area contributed by atoms with Crippen molar-refractivity contribution < 1.29 is 13.2 Å². The molecule has 114 valence electrons. The van der Waals surface area contributed by atoms with Gasteiger partial charge in [0.15, 0.2) is 5.03 Å². The molecule has 1 saturated heterocycles. The van der Waals surface area contributed by atoms with Crippen molar-refractivity contribution in [2.24, 2.45) is 0 Å². The highest BCUT2D eigenvalue weighted by atomic mass is 32.2. The molecule has 2 heterocycles. The molecule has 0 amide bonds. The molecular formula is C12H22N4O3S. The first-order valence-corrected chi connectivity index (χ1v) is 8.04. The van der Waals surface area contributed by atoms with Crippen molar-refractivity contribution in [2.75, 3.05) is 26.8 Å². The van der Waals surface area contributed by atoms with E-state index in [4.69, 9.17) is 4.74 Å². The Morgan fingerprint density at radius 3 is 2.80 bits per heavy atom. The van der Waals surface area contributed by atoms with E-state index in [1.165, 1.54) is 4.31 Å². The average Bonchev–Trinajstić information content (AvgIpc) is 2.71. The number of hydrogen-bond acceptors (Lipinski definition) is 5. The normalized spacial score (nSPS) is 20.2. The minimum Gasteiger partial charge on any atom is -0.378 e. The largest absolute Gasteiger partial charge is 0.378 e. The van der Waals surface area contributed by atoms with Gasteiger partial charge >= 0.3 is 0 Å². The first-order valence-electron chi connectivity index (χ1n) is 6.60. The number of rotatable bonds is 4. The first kappa shape index (κ1) is 15.4. The summed E-state index contributed by atoms with van der Waals surface area (Å²) in [5, 5.41) is 9.87. The molecule has 0 aromatic carbocycles. The van der Waals surface area contributed by atoms with Crippen molar-refractivity contribution in [2.45, 2.75) is 37.9 Å². The second kappa shape index (κ2) is 5.44. The van der Waals surface area contributed by atoms with Crippen LogP contribution in [-0.4, -0.2) is 55.3 Å². The molecule has 0 saturated carbocycles. The van der Waals surface area contributed by atoms with Gasteiger partial charge in [-0.1, -0.05) is 0 Å². The van der Waals surface area contributed by atoms with E-state index in [0.717, 1.165) is 5.69 Å². The van der Waals surface area contributed by atoms with Crippen LogP contribution >= 0.6 is 0 Å². The number of sulfonamides is 1. The van der Waals surface area contributed by atoms with Gasteiger partial charge in [0, 0.05) is 24.3 Å². The molecule has 2 N–H and O–H groups in total. The maximum Gasteiger partial charge on any atom is 0.263 e. The molecule has 1 fully saturated rings. The Morgan fingerprint density at radius 1 is 1.50 bits per heavy atom. The summed E-state index contributed by atoms with van der Waals surface area (Å²) in [6.07, 6.45) is 0. The van der Waals surface area contributed by atoms with Crippen LogP contribution in [-0.2, 0) is 21.3 Å². The number of aromatic nitrogens is 2. The standard InChI is InChI=1S/C12H22N4O3S/c1-9-10(7-13-4)11(15-14-9)20(17,18)16-5-6-19-8-12(16,2)3/h13H,5-8H2,1-4H3,(H,14,15). The molecule has 0 spiro atoms. The van der Waals surface area contributed by atoms with E-state index in [0.29, 0.717) is 31.9 Å². The van der Waals surface area contributed by atoms with Gasteiger partial charge < -0.3 is 10.1 Å². The molecule has 20 heavy (non-hydrogen) atoms. The van der Waals surface area contributed by atoms with E-state index in [1.807, 2.05) is 20.8 Å². The number of aryl methyl sites for hydroxylation is 1. The lowest BCUT2D eigenvalue weighted by Crippen LogP contribution is -2.55. The van der Waals surface area contributed by atoms with E-state index in [1.54, 1.807) is 7.05 Å². The van der Waals surface area contributed by atoms with E-state index < -0.39 is 15.6 Å².